The third kappa shape index (κ3) is 2.90. The van der Waals surface area contributed by atoms with Crippen LogP contribution in [0.4, 0.5) is 5.69 Å². The molecule has 20 heavy (non-hydrogen) atoms. The third-order valence-electron chi connectivity index (χ3n) is 3.77. The molecule has 3 nitrogen and oxygen atoms in total. The van der Waals surface area contributed by atoms with Crippen molar-refractivity contribution in [3.05, 3.63) is 34.7 Å². The summed E-state index contributed by atoms with van der Waals surface area (Å²) in [5, 5.41) is 6.14. The lowest BCUT2D eigenvalue weighted by Gasteiger charge is -2.11. The van der Waals surface area contributed by atoms with Crippen LogP contribution in [0.5, 0.6) is 0 Å². The minimum Gasteiger partial charge on any atom is -0.326 e. The first kappa shape index (κ1) is 13.3. The van der Waals surface area contributed by atoms with E-state index >= 15 is 0 Å². The first-order valence-electron chi connectivity index (χ1n) is 7.06. The van der Waals surface area contributed by atoms with Gasteiger partial charge in [0.05, 0.1) is 10.7 Å². The maximum absolute atomic E-state index is 12.1. The van der Waals surface area contributed by atoms with E-state index in [0.29, 0.717) is 0 Å². The lowest BCUT2D eigenvalue weighted by atomic mass is 10.1. The van der Waals surface area contributed by atoms with E-state index in [2.05, 4.69) is 10.3 Å². The Hall–Kier alpha value is -1.68. The number of benzene rings is 1. The molecule has 0 bridgehead atoms. The van der Waals surface area contributed by atoms with Crippen LogP contribution >= 0.6 is 11.3 Å². The predicted octanol–water partition coefficient (Wildman–Crippen LogP) is 4.25. The highest BCUT2D eigenvalue weighted by Gasteiger charge is 2.22. The van der Waals surface area contributed by atoms with Crippen LogP contribution in [0.1, 0.15) is 30.7 Å². The molecule has 0 radical (unpaired) electrons. The van der Waals surface area contributed by atoms with Crippen LogP contribution in [0.15, 0.2) is 29.6 Å². The summed E-state index contributed by atoms with van der Waals surface area (Å²) in [6, 6.07) is 7.94. The number of hydrogen-bond donors (Lipinski definition) is 1. The van der Waals surface area contributed by atoms with E-state index in [0.717, 1.165) is 34.8 Å². The summed E-state index contributed by atoms with van der Waals surface area (Å²) in [4.78, 5) is 16.6. The Morgan fingerprint density at radius 2 is 2.15 bits per heavy atom. The SMILES string of the molecule is Cc1nc(-c2cccc(NC(=O)C3CCCC3)c2)cs1. The van der Waals surface area contributed by atoms with Gasteiger partial charge in [-0.3, -0.25) is 4.79 Å². The number of hydrogen-bond acceptors (Lipinski definition) is 3. The molecule has 1 aromatic carbocycles. The molecule has 1 fully saturated rings. The van der Waals surface area contributed by atoms with Gasteiger partial charge in [0.25, 0.3) is 0 Å². The molecule has 1 amide bonds. The van der Waals surface area contributed by atoms with Crippen molar-refractivity contribution in [1.29, 1.82) is 0 Å². The fourth-order valence-corrected chi connectivity index (χ4v) is 3.31. The number of thiazole rings is 1. The van der Waals surface area contributed by atoms with E-state index in [9.17, 15) is 4.79 Å². The predicted molar refractivity (Wildman–Crippen MR) is 82.9 cm³/mol. The minimum absolute atomic E-state index is 0.161. The second-order valence-electron chi connectivity index (χ2n) is 5.30. The average molecular weight is 286 g/mol. The Kier molecular flexibility index (Phi) is 3.83. The largest absolute Gasteiger partial charge is 0.326 e. The molecule has 0 aliphatic heterocycles. The highest BCUT2D eigenvalue weighted by molar-refractivity contribution is 7.09. The van der Waals surface area contributed by atoms with Crippen LogP contribution < -0.4 is 5.32 Å². The van der Waals surface area contributed by atoms with E-state index in [1.807, 2.05) is 36.6 Å². The molecule has 0 saturated heterocycles. The molecule has 1 aliphatic carbocycles. The van der Waals surface area contributed by atoms with Gasteiger partial charge in [-0.2, -0.15) is 0 Å². The number of carbonyl (C=O) groups excluding carboxylic acids is 1. The molecule has 0 unspecified atom stereocenters. The topological polar surface area (TPSA) is 42.0 Å². The van der Waals surface area contributed by atoms with Crippen LogP contribution in [-0.2, 0) is 4.79 Å². The quantitative estimate of drug-likeness (QED) is 0.916. The molecule has 1 aromatic heterocycles. The molecule has 1 N–H and O–H groups in total. The average Bonchev–Trinajstić information content (AvgIpc) is 3.10. The van der Waals surface area contributed by atoms with Gasteiger partial charge in [0, 0.05) is 22.5 Å². The van der Waals surface area contributed by atoms with Crippen molar-refractivity contribution in [2.24, 2.45) is 5.92 Å². The maximum Gasteiger partial charge on any atom is 0.227 e. The van der Waals surface area contributed by atoms with Crippen molar-refractivity contribution in [2.45, 2.75) is 32.6 Å². The van der Waals surface area contributed by atoms with Crippen molar-refractivity contribution >= 4 is 22.9 Å². The number of aromatic nitrogens is 1. The minimum atomic E-state index is 0.161. The Labute approximate surface area is 123 Å². The monoisotopic (exact) mass is 286 g/mol. The van der Waals surface area contributed by atoms with Crippen molar-refractivity contribution in [3.63, 3.8) is 0 Å². The van der Waals surface area contributed by atoms with Gasteiger partial charge in [-0.15, -0.1) is 11.3 Å². The van der Waals surface area contributed by atoms with E-state index < -0.39 is 0 Å². The van der Waals surface area contributed by atoms with Crippen molar-refractivity contribution < 1.29 is 4.79 Å². The normalized spacial score (nSPS) is 15.4. The molecule has 1 saturated carbocycles. The molecule has 4 heteroatoms. The van der Waals surface area contributed by atoms with Gasteiger partial charge in [-0.25, -0.2) is 4.98 Å². The number of nitrogens with zero attached hydrogens (tertiary/aromatic N) is 1. The van der Waals surface area contributed by atoms with Gasteiger partial charge in [-0.1, -0.05) is 25.0 Å². The van der Waals surface area contributed by atoms with Gasteiger partial charge >= 0.3 is 0 Å². The second kappa shape index (κ2) is 5.75. The highest BCUT2D eigenvalue weighted by atomic mass is 32.1. The van der Waals surface area contributed by atoms with Gasteiger partial charge in [0.1, 0.15) is 0 Å². The van der Waals surface area contributed by atoms with Crippen LogP contribution in [-0.4, -0.2) is 10.9 Å². The number of nitrogens with one attached hydrogen (secondary N) is 1. The lowest BCUT2D eigenvalue weighted by molar-refractivity contribution is -0.119. The van der Waals surface area contributed by atoms with Gasteiger partial charge in [0.2, 0.25) is 5.91 Å². The molecular formula is C16H18N2OS. The number of aryl methyl sites for hydroxylation is 1. The second-order valence-corrected chi connectivity index (χ2v) is 6.37. The zero-order valence-electron chi connectivity index (χ0n) is 11.6. The van der Waals surface area contributed by atoms with Crippen molar-refractivity contribution in [2.75, 3.05) is 5.32 Å². The van der Waals surface area contributed by atoms with E-state index in [1.165, 1.54) is 12.8 Å². The molecule has 0 atom stereocenters. The zero-order valence-corrected chi connectivity index (χ0v) is 12.4. The van der Waals surface area contributed by atoms with Gasteiger partial charge < -0.3 is 5.32 Å². The highest BCUT2D eigenvalue weighted by Crippen LogP contribution is 2.27. The standard InChI is InChI=1S/C16H18N2OS/c1-11-17-15(10-20-11)13-7-4-8-14(9-13)18-16(19)12-5-2-3-6-12/h4,7-10,12H,2-3,5-6H2,1H3,(H,18,19). The first-order chi connectivity index (χ1) is 9.72. The summed E-state index contributed by atoms with van der Waals surface area (Å²) in [5.41, 5.74) is 2.90. The number of carbonyl (C=O) groups is 1. The Bertz CT molecular complexity index is 614. The van der Waals surface area contributed by atoms with E-state index in [1.54, 1.807) is 11.3 Å². The van der Waals surface area contributed by atoms with Crippen LogP contribution in [0.25, 0.3) is 11.3 Å². The molecule has 104 valence electrons. The molecule has 2 aromatic rings. The summed E-state index contributed by atoms with van der Waals surface area (Å²) in [7, 11) is 0. The molecule has 1 heterocycles. The zero-order chi connectivity index (χ0) is 13.9. The molecule has 1 aliphatic rings. The summed E-state index contributed by atoms with van der Waals surface area (Å²) in [6.07, 6.45) is 4.40. The van der Waals surface area contributed by atoms with Crippen molar-refractivity contribution in [1.82, 2.24) is 4.98 Å². The van der Waals surface area contributed by atoms with Crippen LogP contribution in [0, 0.1) is 12.8 Å². The molecular weight excluding hydrogens is 268 g/mol. The van der Waals surface area contributed by atoms with E-state index in [-0.39, 0.29) is 11.8 Å². The third-order valence-corrected chi connectivity index (χ3v) is 4.54. The number of anilines is 1. The Morgan fingerprint density at radius 3 is 2.85 bits per heavy atom. The summed E-state index contributed by atoms with van der Waals surface area (Å²) >= 11 is 1.64. The fraction of sp³-hybridized carbons (Fsp3) is 0.375. The number of amides is 1. The van der Waals surface area contributed by atoms with Crippen LogP contribution in [0.3, 0.4) is 0 Å². The van der Waals surface area contributed by atoms with Gasteiger partial charge in [0.15, 0.2) is 0 Å². The van der Waals surface area contributed by atoms with Gasteiger partial charge in [-0.05, 0) is 31.9 Å². The number of rotatable bonds is 3. The molecule has 3 rings (SSSR count). The first-order valence-corrected chi connectivity index (χ1v) is 7.94. The fourth-order valence-electron chi connectivity index (χ4n) is 2.68. The Morgan fingerprint density at radius 1 is 1.35 bits per heavy atom. The lowest BCUT2D eigenvalue weighted by Crippen LogP contribution is -2.20. The van der Waals surface area contributed by atoms with Crippen LogP contribution in [0.2, 0.25) is 0 Å². The molecule has 0 spiro atoms. The maximum atomic E-state index is 12.1. The summed E-state index contributed by atoms with van der Waals surface area (Å²) in [6.45, 7) is 2.00. The summed E-state index contributed by atoms with van der Waals surface area (Å²) in [5.74, 6) is 0.356. The van der Waals surface area contributed by atoms with Crippen molar-refractivity contribution in [3.8, 4) is 11.3 Å². The van der Waals surface area contributed by atoms with E-state index in [4.69, 9.17) is 0 Å². The Balaban J connectivity index is 1.75. The smallest absolute Gasteiger partial charge is 0.227 e. The summed E-state index contributed by atoms with van der Waals surface area (Å²) < 4.78 is 0.